The molecule has 69 heavy (non-hydrogen) atoms. The van der Waals surface area contributed by atoms with Gasteiger partial charge in [-0.25, -0.2) is 4.79 Å². The zero-order valence-corrected chi connectivity index (χ0v) is 42.3. The first-order chi connectivity index (χ1) is 33.1. The van der Waals surface area contributed by atoms with Crippen LogP contribution < -0.4 is 9.47 Å². The van der Waals surface area contributed by atoms with Gasteiger partial charge in [0.05, 0.1) is 5.56 Å². The Morgan fingerprint density at radius 1 is 0.319 bits per heavy atom. The first-order valence-corrected chi connectivity index (χ1v) is 23.5. The second-order valence-corrected chi connectivity index (χ2v) is 17.7. The van der Waals surface area contributed by atoms with E-state index in [2.05, 4.69) is 165 Å². The molecule has 0 aliphatic rings. The monoisotopic (exact) mass is 913 g/mol. The summed E-state index contributed by atoms with van der Waals surface area (Å²) in [5.41, 5.74) is 15.8. The summed E-state index contributed by atoms with van der Waals surface area (Å²) in [6, 6.07) is 69.8. The van der Waals surface area contributed by atoms with Crippen LogP contribution in [0.5, 0.6) is 17.2 Å². The molecule has 4 heteroatoms. The molecule has 0 N–H and O–H groups in total. The first-order valence-electron chi connectivity index (χ1n) is 23.5. The standard InChI is InChI=1S/C17H18O3.C14H14O.C14H14.C12H12.C8H10/c1-12-4-8-15(9-5-12)17(18)20-14(3)19-16-10-6-13(2)7-11-16;1-11-3-7-13(8-4-11)15-14-9-5-12(2)6-10-14;1-11-3-7-13(8-4-11)14-9-5-12(2)6-10-14;1-9-3-5-12-8-10(2)4-6-11(12)7-9;1-7-3-5-8(2)6-4-7/h4-11,14H,1-3H3;3-10H,1-2H3;3-10H,1-2H3;3-8H,1-2H3;3-6H,1-2H3. The van der Waals surface area contributed by atoms with Crippen molar-refractivity contribution in [1.82, 2.24) is 0 Å². The van der Waals surface area contributed by atoms with Crippen LogP contribution in [0.2, 0.25) is 0 Å². The highest BCUT2D eigenvalue weighted by molar-refractivity contribution is 5.89. The van der Waals surface area contributed by atoms with Crippen molar-refractivity contribution in [2.45, 2.75) is 82.5 Å². The van der Waals surface area contributed by atoms with Gasteiger partial charge in [-0.05, 0) is 140 Å². The molecular formula is C65H68O4. The highest BCUT2D eigenvalue weighted by Gasteiger charge is 2.13. The molecule has 0 spiro atoms. The number of carbonyl (C=O) groups is 1. The molecule has 0 bridgehead atoms. The Hall–Kier alpha value is -7.69. The highest BCUT2D eigenvalue weighted by atomic mass is 16.7. The number of fused-ring (bicyclic) bond motifs is 1. The van der Waals surface area contributed by atoms with Crippen LogP contribution in [0.15, 0.2) is 206 Å². The van der Waals surface area contributed by atoms with Gasteiger partial charge in [0, 0.05) is 6.92 Å². The molecule has 1 unspecified atom stereocenters. The van der Waals surface area contributed by atoms with Gasteiger partial charge in [-0.1, -0.05) is 213 Å². The number of carbonyl (C=O) groups excluding carboxylic acids is 1. The largest absolute Gasteiger partial charge is 0.457 e. The fraction of sp³-hybridized carbons (Fsp3) is 0.185. The van der Waals surface area contributed by atoms with Gasteiger partial charge in [0.15, 0.2) is 0 Å². The average Bonchev–Trinajstić information content (AvgIpc) is 3.34. The van der Waals surface area contributed by atoms with Crippen molar-refractivity contribution in [3.8, 4) is 28.4 Å². The van der Waals surface area contributed by atoms with Gasteiger partial charge in [0.2, 0.25) is 6.29 Å². The number of ether oxygens (including phenoxy) is 3. The second-order valence-electron chi connectivity index (χ2n) is 17.7. The molecule has 9 rings (SSSR count). The lowest BCUT2D eigenvalue weighted by molar-refractivity contribution is -0.0371. The summed E-state index contributed by atoms with van der Waals surface area (Å²) >= 11 is 0. The van der Waals surface area contributed by atoms with E-state index in [9.17, 15) is 4.79 Å². The normalized spacial score (nSPS) is 10.5. The number of rotatable bonds is 7. The van der Waals surface area contributed by atoms with E-state index in [1.54, 1.807) is 19.1 Å². The third-order valence-corrected chi connectivity index (χ3v) is 11.0. The molecule has 4 nitrogen and oxygen atoms in total. The third kappa shape index (κ3) is 18.8. The van der Waals surface area contributed by atoms with Crippen LogP contribution in [0.4, 0.5) is 0 Å². The summed E-state index contributed by atoms with van der Waals surface area (Å²) in [6.07, 6.45) is -0.633. The number of hydrogen-bond acceptors (Lipinski definition) is 4. The molecular weight excluding hydrogens is 845 g/mol. The predicted octanol–water partition coefficient (Wildman–Crippen LogP) is 17.7. The quantitative estimate of drug-likeness (QED) is 0.118. The summed E-state index contributed by atoms with van der Waals surface area (Å²) in [6.45, 7) is 22.5. The van der Waals surface area contributed by atoms with E-state index in [1.165, 1.54) is 66.4 Å². The lowest BCUT2D eigenvalue weighted by Gasteiger charge is -2.15. The maximum Gasteiger partial charge on any atom is 0.341 e. The van der Waals surface area contributed by atoms with Crippen molar-refractivity contribution in [2.75, 3.05) is 0 Å². The molecule has 0 aliphatic carbocycles. The van der Waals surface area contributed by atoms with Crippen LogP contribution in [-0.2, 0) is 4.74 Å². The molecule has 0 fully saturated rings. The molecule has 0 aromatic heterocycles. The Morgan fingerprint density at radius 2 is 0.580 bits per heavy atom. The van der Waals surface area contributed by atoms with Gasteiger partial charge in [-0.15, -0.1) is 0 Å². The molecule has 9 aromatic rings. The van der Waals surface area contributed by atoms with Crippen molar-refractivity contribution in [1.29, 1.82) is 0 Å². The van der Waals surface area contributed by atoms with Gasteiger partial charge in [-0.2, -0.15) is 0 Å². The summed E-state index contributed by atoms with van der Waals surface area (Å²) in [5.74, 6) is 2.05. The lowest BCUT2D eigenvalue weighted by atomic mass is 10.0. The molecule has 0 saturated heterocycles. The molecule has 0 radical (unpaired) electrons. The van der Waals surface area contributed by atoms with Crippen LogP contribution in [0, 0.1) is 69.2 Å². The topological polar surface area (TPSA) is 44.8 Å². The van der Waals surface area contributed by atoms with E-state index >= 15 is 0 Å². The van der Waals surface area contributed by atoms with Crippen LogP contribution in [-0.4, -0.2) is 12.3 Å². The minimum Gasteiger partial charge on any atom is -0.457 e. The number of benzene rings is 9. The van der Waals surface area contributed by atoms with E-state index < -0.39 is 6.29 Å². The zero-order valence-electron chi connectivity index (χ0n) is 42.3. The molecule has 1 atom stereocenters. The summed E-state index contributed by atoms with van der Waals surface area (Å²) < 4.78 is 16.5. The van der Waals surface area contributed by atoms with Crippen molar-refractivity contribution in [3.05, 3.63) is 267 Å². The van der Waals surface area contributed by atoms with Crippen molar-refractivity contribution in [2.24, 2.45) is 0 Å². The van der Waals surface area contributed by atoms with Gasteiger partial charge in [0.25, 0.3) is 0 Å². The van der Waals surface area contributed by atoms with Crippen molar-refractivity contribution in [3.63, 3.8) is 0 Å². The van der Waals surface area contributed by atoms with Crippen LogP contribution in [0.25, 0.3) is 21.9 Å². The Balaban J connectivity index is 0.000000165. The summed E-state index contributed by atoms with van der Waals surface area (Å²) in [4.78, 5) is 11.9. The highest BCUT2D eigenvalue weighted by Crippen LogP contribution is 2.23. The number of hydrogen-bond donors (Lipinski definition) is 0. The first kappa shape index (κ1) is 52.3. The second kappa shape index (κ2) is 26.6. The molecule has 0 saturated carbocycles. The molecule has 0 aliphatic heterocycles. The smallest absolute Gasteiger partial charge is 0.341 e. The van der Waals surface area contributed by atoms with Crippen LogP contribution >= 0.6 is 0 Å². The minimum absolute atomic E-state index is 0.385. The predicted molar refractivity (Wildman–Crippen MR) is 291 cm³/mol. The van der Waals surface area contributed by atoms with E-state index in [0.717, 1.165) is 22.6 Å². The Morgan fingerprint density at radius 3 is 0.913 bits per heavy atom. The Kier molecular flexibility index (Phi) is 20.2. The molecule has 9 aromatic carbocycles. The van der Waals surface area contributed by atoms with E-state index in [0.29, 0.717) is 11.3 Å². The van der Waals surface area contributed by atoms with Crippen LogP contribution in [0.1, 0.15) is 72.9 Å². The number of aryl methyl sites for hydroxylation is 10. The maximum absolute atomic E-state index is 11.9. The molecule has 352 valence electrons. The Bertz CT molecular complexity index is 2770. The zero-order chi connectivity index (χ0) is 49.7. The fourth-order valence-electron chi connectivity index (χ4n) is 6.70. The SMILES string of the molecule is Cc1ccc(-c2ccc(C)cc2)cc1.Cc1ccc(C)cc1.Cc1ccc(OC(C)OC(=O)c2ccc(C)cc2)cc1.Cc1ccc(Oc2ccc(C)cc2)cc1.Cc1ccc2cc(C)ccc2c1. The van der Waals surface area contributed by atoms with Gasteiger partial charge in [-0.3, -0.25) is 0 Å². The van der Waals surface area contributed by atoms with Crippen LogP contribution in [0.3, 0.4) is 0 Å². The van der Waals surface area contributed by atoms with Crippen molar-refractivity contribution < 1.29 is 19.0 Å². The van der Waals surface area contributed by atoms with E-state index in [1.807, 2.05) is 98.8 Å². The van der Waals surface area contributed by atoms with E-state index in [4.69, 9.17) is 14.2 Å². The molecule has 0 amide bonds. The maximum atomic E-state index is 11.9. The third-order valence-electron chi connectivity index (χ3n) is 11.0. The van der Waals surface area contributed by atoms with Gasteiger partial charge in [0.1, 0.15) is 17.2 Å². The lowest BCUT2D eigenvalue weighted by Crippen LogP contribution is -2.20. The Labute approximate surface area is 412 Å². The van der Waals surface area contributed by atoms with Gasteiger partial charge >= 0.3 is 5.97 Å². The summed E-state index contributed by atoms with van der Waals surface area (Å²) in [5, 5.41) is 2.67. The van der Waals surface area contributed by atoms with Gasteiger partial charge < -0.3 is 14.2 Å². The fourth-order valence-corrected chi connectivity index (χ4v) is 6.70. The van der Waals surface area contributed by atoms with E-state index in [-0.39, 0.29) is 5.97 Å². The molecule has 0 heterocycles. The van der Waals surface area contributed by atoms with Crippen molar-refractivity contribution >= 4 is 16.7 Å². The average molecular weight is 913 g/mol. The summed E-state index contributed by atoms with van der Waals surface area (Å²) in [7, 11) is 0. The minimum atomic E-state index is -0.633. The number of esters is 1.